The van der Waals surface area contributed by atoms with Crippen molar-refractivity contribution in [2.75, 3.05) is 18.2 Å². The first-order valence-corrected chi connectivity index (χ1v) is 7.77. The smallest absolute Gasteiger partial charge is 0.233 e. The molecule has 2 atom stereocenters. The topological polar surface area (TPSA) is 29.1 Å². The lowest BCUT2D eigenvalue weighted by atomic mass is 10.1. The van der Waals surface area contributed by atoms with Gasteiger partial charge in [0.05, 0.1) is 5.25 Å². The van der Waals surface area contributed by atoms with Crippen molar-refractivity contribution in [3.8, 4) is 0 Å². The lowest BCUT2D eigenvalue weighted by Crippen LogP contribution is -2.34. The predicted octanol–water partition coefficient (Wildman–Crippen LogP) is 3.04. The molecular formula is C12H22ClNOS. The van der Waals surface area contributed by atoms with Crippen LogP contribution in [0.25, 0.3) is 0 Å². The minimum Gasteiger partial charge on any atom is -0.355 e. The zero-order valence-corrected chi connectivity index (χ0v) is 11.6. The van der Waals surface area contributed by atoms with Crippen LogP contribution in [-0.2, 0) is 4.79 Å². The van der Waals surface area contributed by atoms with E-state index in [1.165, 1.54) is 12.8 Å². The number of thioether (sulfide) groups is 1. The van der Waals surface area contributed by atoms with Gasteiger partial charge in [0.1, 0.15) is 0 Å². The van der Waals surface area contributed by atoms with Crippen molar-refractivity contribution >= 4 is 29.3 Å². The van der Waals surface area contributed by atoms with E-state index in [4.69, 9.17) is 11.6 Å². The third kappa shape index (κ3) is 5.44. The van der Waals surface area contributed by atoms with Gasteiger partial charge in [0.15, 0.2) is 0 Å². The number of halogens is 1. The lowest BCUT2D eigenvalue weighted by molar-refractivity contribution is -0.120. The molecule has 2 unspecified atom stereocenters. The summed E-state index contributed by atoms with van der Waals surface area (Å²) in [5, 5.41) is 3.24. The van der Waals surface area contributed by atoms with Crippen LogP contribution in [-0.4, -0.2) is 29.3 Å². The van der Waals surface area contributed by atoms with E-state index in [-0.39, 0.29) is 11.2 Å². The fourth-order valence-corrected chi connectivity index (χ4v) is 3.18. The molecule has 0 spiro atoms. The number of rotatable bonds is 6. The fourth-order valence-electron chi connectivity index (χ4n) is 1.80. The first kappa shape index (κ1) is 14.2. The zero-order chi connectivity index (χ0) is 11.8. The normalized spacial score (nSPS) is 22.8. The lowest BCUT2D eigenvalue weighted by Gasteiger charge is -2.20. The maximum atomic E-state index is 11.8. The molecule has 0 aromatic heterocycles. The van der Waals surface area contributed by atoms with Crippen molar-refractivity contribution in [1.82, 2.24) is 5.32 Å². The molecule has 1 heterocycles. The van der Waals surface area contributed by atoms with Crippen molar-refractivity contribution < 1.29 is 4.79 Å². The summed E-state index contributed by atoms with van der Waals surface area (Å²) >= 11 is 7.53. The minimum absolute atomic E-state index is 0.208. The van der Waals surface area contributed by atoms with Gasteiger partial charge in [0, 0.05) is 12.4 Å². The summed E-state index contributed by atoms with van der Waals surface area (Å²) in [5.41, 5.74) is 0. The molecule has 0 bridgehead atoms. The molecule has 0 saturated carbocycles. The quantitative estimate of drug-likeness (QED) is 0.590. The molecule has 4 heteroatoms. The van der Waals surface area contributed by atoms with E-state index < -0.39 is 0 Å². The number of alkyl halides is 1. The first-order chi connectivity index (χ1) is 7.74. The molecule has 1 N–H and O–H groups in total. The second-order valence-corrected chi connectivity index (χ2v) is 6.17. The van der Waals surface area contributed by atoms with E-state index in [1.807, 2.05) is 0 Å². The Bertz CT molecular complexity index is 207. The van der Waals surface area contributed by atoms with Gasteiger partial charge in [0.25, 0.3) is 0 Å². The summed E-state index contributed by atoms with van der Waals surface area (Å²) < 4.78 is 0. The van der Waals surface area contributed by atoms with Crippen LogP contribution in [0.1, 0.15) is 39.0 Å². The largest absolute Gasteiger partial charge is 0.355 e. The Kier molecular flexibility index (Phi) is 7.30. The Morgan fingerprint density at radius 1 is 1.56 bits per heavy atom. The van der Waals surface area contributed by atoms with E-state index in [9.17, 15) is 4.79 Å². The van der Waals surface area contributed by atoms with Gasteiger partial charge >= 0.3 is 0 Å². The summed E-state index contributed by atoms with van der Waals surface area (Å²) in [7, 11) is 0. The summed E-state index contributed by atoms with van der Waals surface area (Å²) in [6.07, 6.45) is 5.66. The second-order valence-electron chi connectivity index (χ2n) is 4.55. The first-order valence-electron chi connectivity index (χ1n) is 6.19. The third-order valence-corrected chi connectivity index (χ3v) is 4.81. The second kappa shape index (κ2) is 8.24. The SMILES string of the molecule is CC(CCl)CCCNC(=O)C1CCCCS1. The number of hydrogen-bond acceptors (Lipinski definition) is 2. The predicted molar refractivity (Wildman–Crippen MR) is 72.2 cm³/mol. The average molecular weight is 264 g/mol. The molecule has 0 aromatic carbocycles. The van der Waals surface area contributed by atoms with Crippen LogP contribution < -0.4 is 5.32 Å². The number of carbonyl (C=O) groups excluding carboxylic acids is 1. The molecule has 0 aliphatic carbocycles. The summed E-state index contributed by atoms with van der Waals surface area (Å²) in [6.45, 7) is 2.95. The Balaban J connectivity index is 2.05. The summed E-state index contributed by atoms with van der Waals surface area (Å²) in [4.78, 5) is 11.8. The highest BCUT2D eigenvalue weighted by atomic mass is 35.5. The molecule has 1 aliphatic heterocycles. The Morgan fingerprint density at radius 2 is 2.38 bits per heavy atom. The monoisotopic (exact) mass is 263 g/mol. The highest BCUT2D eigenvalue weighted by Gasteiger charge is 2.20. The molecule has 16 heavy (non-hydrogen) atoms. The Labute approximate surface area is 108 Å². The van der Waals surface area contributed by atoms with Gasteiger partial charge in [-0.1, -0.05) is 13.3 Å². The maximum Gasteiger partial charge on any atom is 0.233 e. The highest BCUT2D eigenvalue weighted by molar-refractivity contribution is 8.00. The summed E-state index contributed by atoms with van der Waals surface area (Å²) in [6, 6.07) is 0. The van der Waals surface area contributed by atoms with Crippen LogP contribution in [0, 0.1) is 5.92 Å². The maximum absolute atomic E-state index is 11.8. The van der Waals surface area contributed by atoms with Gasteiger partial charge in [0.2, 0.25) is 5.91 Å². The van der Waals surface area contributed by atoms with E-state index in [1.54, 1.807) is 11.8 Å². The summed E-state index contributed by atoms with van der Waals surface area (Å²) in [5.74, 6) is 2.65. The standard InChI is InChI=1S/C12H22ClNOS/c1-10(9-13)5-4-7-14-12(15)11-6-2-3-8-16-11/h10-11H,2-9H2,1H3,(H,14,15). The minimum atomic E-state index is 0.208. The molecule has 1 rings (SSSR count). The van der Waals surface area contributed by atoms with Crippen LogP contribution in [0.2, 0.25) is 0 Å². The van der Waals surface area contributed by atoms with Crippen molar-refractivity contribution in [2.24, 2.45) is 5.92 Å². The molecule has 1 amide bonds. The van der Waals surface area contributed by atoms with Crippen LogP contribution in [0.4, 0.5) is 0 Å². The van der Waals surface area contributed by atoms with E-state index in [0.29, 0.717) is 11.8 Å². The van der Waals surface area contributed by atoms with Crippen LogP contribution in [0.15, 0.2) is 0 Å². The number of carbonyl (C=O) groups is 1. The van der Waals surface area contributed by atoms with Crippen LogP contribution in [0.3, 0.4) is 0 Å². The van der Waals surface area contributed by atoms with Gasteiger partial charge in [-0.25, -0.2) is 0 Å². The van der Waals surface area contributed by atoms with E-state index >= 15 is 0 Å². The number of amides is 1. The van der Waals surface area contributed by atoms with Gasteiger partial charge in [-0.15, -0.1) is 23.4 Å². The van der Waals surface area contributed by atoms with Crippen LogP contribution in [0.5, 0.6) is 0 Å². The van der Waals surface area contributed by atoms with Gasteiger partial charge in [-0.05, 0) is 37.4 Å². The van der Waals surface area contributed by atoms with Crippen molar-refractivity contribution in [3.63, 3.8) is 0 Å². The molecule has 2 nitrogen and oxygen atoms in total. The van der Waals surface area contributed by atoms with E-state index in [0.717, 1.165) is 31.6 Å². The molecule has 0 radical (unpaired) electrons. The van der Waals surface area contributed by atoms with Crippen molar-refractivity contribution in [1.29, 1.82) is 0 Å². The van der Waals surface area contributed by atoms with Gasteiger partial charge in [-0.3, -0.25) is 4.79 Å². The van der Waals surface area contributed by atoms with Crippen molar-refractivity contribution in [2.45, 2.75) is 44.3 Å². The Morgan fingerprint density at radius 3 is 3.00 bits per heavy atom. The zero-order valence-electron chi connectivity index (χ0n) is 10.0. The molecular weight excluding hydrogens is 242 g/mol. The molecule has 1 saturated heterocycles. The number of nitrogens with one attached hydrogen (secondary N) is 1. The van der Waals surface area contributed by atoms with Crippen molar-refractivity contribution in [3.05, 3.63) is 0 Å². The van der Waals surface area contributed by atoms with Gasteiger partial charge in [-0.2, -0.15) is 0 Å². The van der Waals surface area contributed by atoms with E-state index in [2.05, 4.69) is 12.2 Å². The average Bonchev–Trinajstić information content (AvgIpc) is 2.35. The highest BCUT2D eigenvalue weighted by Crippen LogP contribution is 2.24. The Hall–Kier alpha value is 0.110. The molecule has 1 aliphatic rings. The fraction of sp³-hybridized carbons (Fsp3) is 0.917. The van der Waals surface area contributed by atoms with Gasteiger partial charge < -0.3 is 5.32 Å². The molecule has 0 aromatic rings. The number of hydrogen-bond donors (Lipinski definition) is 1. The third-order valence-electron chi connectivity index (χ3n) is 2.91. The molecule has 1 fully saturated rings. The molecule has 94 valence electrons. The van der Waals surface area contributed by atoms with Crippen LogP contribution >= 0.6 is 23.4 Å².